The largest absolute Gasteiger partial charge is 0.497 e. The highest BCUT2D eigenvalue weighted by Gasteiger charge is 2.20. The molecule has 0 aliphatic rings. The van der Waals surface area contributed by atoms with Crippen molar-refractivity contribution in [2.45, 2.75) is 0 Å². The number of hydrogen-bond acceptors (Lipinski definition) is 4. The molecule has 0 spiro atoms. The molecule has 6 heteroatoms. The van der Waals surface area contributed by atoms with Gasteiger partial charge in [0.15, 0.2) is 11.5 Å². The lowest BCUT2D eigenvalue weighted by atomic mass is 10.1. The lowest BCUT2D eigenvalue weighted by molar-refractivity contribution is 0.415. The summed E-state index contributed by atoms with van der Waals surface area (Å²) >= 11 is 6.85. The Bertz CT molecular complexity index is 1300. The van der Waals surface area contributed by atoms with Gasteiger partial charge in [0.05, 0.1) is 23.0 Å². The van der Waals surface area contributed by atoms with Crippen molar-refractivity contribution in [1.29, 1.82) is 0 Å². The van der Waals surface area contributed by atoms with Gasteiger partial charge in [0.2, 0.25) is 0 Å². The molecule has 2 aromatic carbocycles. The first-order valence-electron chi connectivity index (χ1n) is 8.79. The van der Waals surface area contributed by atoms with Crippen LogP contribution >= 0.6 is 11.6 Å². The van der Waals surface area contributed by atoms with Gasteiger partial charge in [0.25, 0.3) is 0 Å². The molecule has 0 radical (unpaired) electrons. The zero-order valence-corrected chi connectivity index (χ0v) is 15.8. The van der Waals surface area contributed by atoms with Crippen molar-refractivity contribution in [3.05, 3.63) is 77.9 Å². The molecule has 0 fully saturated rings. The maximum absolute atomic E-state index is 6.85. The molecule has 0 amide bonds. The maximum Gasteiger partial charge on any atom is 0.167 e. The van der Waals surface area contributed by atoms with Crippen LogP contribution in [0, 0.1) is 0 Å². The maximum atomic E-state index is 6.85. The zero-order valence-electron chi connectivity index (χ0n) is 15.0. The average Bonchev–Trinajstić information content (AvgIpc) is 3.14. The number of benzene rings is 2. The SMILES string of the molecule is COc1ccc(-c2nn(-c3ccccn3)c3nc4ccccc4c(Cl)c23)cc1. The lowest BCUT2D eigenvalue weighted by Crippen LogP contribution is -2.00. The first kappa shape index (κ1) is 16.7. The van der Waals surface area contributed by atoms with Gasteiger partial charge >= 0.3 is 0 Å². The van der Waals surface area contributed by atoms with Crippen LogP contribution in [0.2, 0.25) is 5.02 Å². The number of ether oxygens (including phenoxy) is 1. The Labute approximate surface area is 166 Å². The third kappa shape index (κ3) is 2.60. The first-order valence-corrected chi connectivity index (χ1v) is 9.17. The molecule has 5 aromatic rings. The molecule has 3 aromatic heterocycles. The second-order valence-electron chi connectivity index (χ2n) is 6.32. The zero-order chi connectivity index (χ0) is 19.1. The Morgan fingerprint density at radius 2 is 1.71 bits per heavy atom. The summed E-state index contributed by atoms with van der Waals surface area (Å²) in [6.45, 7) is 0. The van der Waals surface area contributed by atoms with Crippen molar-refractivity contribution in [2.75, 3.05) is 7.11 Å². The van der Waals surface area contributed by atoms with E-state index in [1.54, 1.807) is 18.0 Å². The highest BCUT2D eigenvalue weighted by molar-refractivity contribution is 6.41. The molecule has 0 aliphatic carbocycles. The van der Waals surface area contributed by atoms with E-state index >= 15 is 0 Å². The minimum atomic E-state index is 0.633. The van der Waals surface area contributed by atoms with Gasteiger partial charge in [-0.05, 0) is 42.5 Å². The predicted octanol–water partition coefficient (Wildman–Crippen LogP) is 5.30. The summed E-state index contributed by atoms with van der Waals surface area (Å²) in [5.74, 6) is 1.47. The van der Waals surface area contributed by atoms with Crippen LogP contribution in [0.25, 0.3) is 39.0 Å². The highest BCUT2D eigenvalue weighted by atomic mass is 35.5. The Kier molecular flexibility index (Phi) is 3.95. The highest BCUT2D eigenvalue weighted by Crippen LogP contribution is 2.38. The molecule has 0 saturated heterocycles. The Hall–Kier alpha value is -3.44. The third-order valence-corrected chi connectivity index (χ3v) is 5.07. The van der Waals surface area contributed by atoms with Gasteiger partial charge in [-0.2, -0.15) is 9.78 Å². The fourth-order valence-electron chi connectivity index (χ4n) is 3.31. The van der Waals surface area contributed by atoms with Crippen LogP contribution < -0.4 is 4.74 Å². The van der Waals surface area contributed by atoms with Gasteiger partial charge in [-0.1, -0.05) is 35.9 Å². The molecule has 5 rings (SSSR count). The number of rotatable bonds is 3. The van der Waals surface area contributed by atoms with Crippen molar-refractivity contribution in [3.63, 3.8) is 0 Å². The number of halogens is 1. The van der Waals surface area contributed by atoms with E-state index in [9.17, 15) is 0 Å². The molecule has 0 saturated carbocycles. The van der Waals surface area contributed by atoms with E-state index in [0.717, 1.165) is 33.3 Å². The smallest absolute Gasteiger partial charge is 0.167 e. The molecule has 5 nitrogen and oxygen atoms in total. The molecule has 0 bridgehead atoms. The van der Waals surface area contributed by atoms with Crippen LogP contribution in [0.4, 0.5) is 0 Å². The molecule has 0 aliphatic heterocycles. The number of hydrogen-bond donors (Lipinski definition) is 0. The van der Waals surface area contributed by atoms with Crippen molar-refractivity contribution < 1.29 is 4.74 Å². The Morgan fingerprint density at radius 3 is 2.46 bits per heavy atom. The molecule has 0 unspecified atom stereocenters. The molecule has 28 heavy (non-hydrogen) atoms. The average molecular weight is 387 g/mol. The summed E-state index contributed by atoms with van der Waals surface area (Å²) in [6, 6.07) is 21.3. The van der Waals surface area contributed by atoms with Crippen molar-refractivity contribution in [1.82, 2.24) is 19.7 Å². The number of aromatic nitrogens is 4. The van der Waals surface area contributed by atoms with Gasteiger partial charge in [-0.15, -0.1) is 0 Å². The summed E-state index contributed by atoms with van der Waals surface area (Å²) < 4.78 is 7.02. The van der Waals surface area contributed by atoms with Crippen LogP contribution in [0.1, 0.15) is 0 Å². The normalized spacial score (nSPS) is 11.2. The van der Waals surface area contributed by atoms with Gasteiger partial charge in [0, 0.05) is 17.1 Å². The van der Waals surface area contributed by atoms with Crippen LogP contribution in [0.3, 0.4) is 0 Å². The number of pyridine rings is 2. The van der Waals surface area contributed by atoms with Gasteiger partial charge in [-0.3, -0.25) is 0 Å². The molecular weight excluding hydrogens is 372 g/mol. The minimum Gasteiger partial charge on any atom is -0.497 e. The van der Waals surface area contributed by atoms with Crippen LogP contribution in [0.5, 0.6) is 5.75 Å². The summed E-state index contributed by atoms with van der Waals surface area (Å²) in [4.78, 5) is 9.29. The summed E-state index contributed by atoms with van der Waals surface area (Å²) in [6.07, 6.45) is 1.73. The molecule has 3 heterocycles. The van der Waals surface area contributed by atoms with Crippen LogP contribution in [-0.4, -0.2) is 26.9 Å². The summed E-state index contributed by atoms with van der Waals surface area (Å²) in [7, 11) is 1.65. The van der Waals surface area contributed by atoms with E-state index in [1.165, 1.54) is 0 Å². The third-order valence-electron chi connectivity index (χ3n) is 4.68. The van der Waals surface area contributed by atoms with E-state index in [1.807, 2.05) is 66.7 Å². The predicted molar refractivity (Wildman–Crippen MR) is 111 cm³/mol. The van der Waals surface area contributed by atoms with Crippen molar-refractivity contribution >= 4 is 33.5 Å². The van der Waals surface area contributed by atoms with E-state index in [2.05, 4.69) is 4.98 Å². The molecular formula is C22H15ClN4O. The van der Waals surface area contributed by atoms with Gasteiger partial charge in [0.1, 0.15) is 11.4 Å². The number of nitrogens with zero attached hydrogens (tertiary/aromatic N) is 4. The summed E-state index contributed by atoms with van der Waals surface area (Å²) in [5.41, 5.74) is 3.18. The van der Waals surface area contributed by atoms with Crippen LogP contribution in [-0.2, 0) is 0 Å². The van der Waals surface area contributed by atoms with Crippen LogP contribution in [0.15, 0.2) is 72.9 Å². The van der Waals surface area contributed by atoms with E-state index in [-0.39, 0.29) is 0 Å². The second kappa shape index (κ2) is 6.62. The quantitative estimate of drug-likeness (QED) is 0.422. The fourth-order valence-corrected chi connectivity index (χ4v) is 3.64. The van der Waals surface area contributed by atoms with Gasteiger partial charge in [-0.25, -0.2) is 9.97 Å². The topological polar surface area (TPSA) is 52.8 Å². The van der Waals surface area contributed by atoms with E-state index < -0.39 is 0 Å². The molecule has 0 atom stereocenters. The number of fused-ring (bicyclic) bond motifs is 2. The monoisotopic (exact) mass is 386 g/mol. The second-order valence-corrected chi connectivity index (χ2v) is 6.70. The Balaban J connectivity index is 1.87. The van der Waals surface area contributed by atoms with Crippen molar-refractivity contribution in [2.24, 2.45) is 0 Å². The lowest BCUT2D eigenvalue weighted by Gasteiger charge is -2.05. The number of methoxy groups -OCH3 is 1. The Morgan fingerprint density at radius 1 is 0.929 bits per heavy atom. The number of para-hydroxylation sites is 1. The van der Waals surface area contributed by atoms with Crippen molar-refractivity contribution in [3.8, 4) is 22.8 Å². The summed E-state index contributed by atoms with van der Waals surface area (Å²) in [5, 5.41) is 7.17. The minimum absolute atomic E-state index is 0.633. The molecule has 136 valence electrons. The molecule has 0 N–H and O–H groups in total. The first-order chi connectivity index (χ1) is 13.8. The van der Waals surface area contributed by atoms with E-state index in [4.69, 9.17) is 26.4 Å². The van der Waals surface area contributed by atoms with E-state index in [0.29, 0.717) is 16.5 Å². The van der Waals surface area contributed by atoms with Gasteiger partial charge < -0.3 is 4.74 Å². The standard InChI is InChI=1S/C22H15ClN4O/c1-28-15-11-9-14(10-12-15)21-19-20(23)16-6-2-3-7-17(16)25-22(19)27(26-21)18-8-4-5-13-24-18/h2-13H,1H3. The fraction of sp³-hybridized carbons (Fsp3) is 0.0455.